The van der Waals surface area contributed by atoms with Crippen molar-refractivity contribution in [2.45, 2.75) is 24.2 Å². The summed E-state index contributed by atoms with van der Waals surface area (Å²) < 4.78 is 5.81. The predicted molar refractivity (Wildman–Crippen MR) is 162 cm³/mol. The van der Waals surface area contributed by atoms with E-state index in [9.17, 15) is 24.7 Å². The first kappa shape index (κ1) is 28.8. The van der Waals surface area contributed by atoms with Gasteiger partial charge in [-0.3, -0.25) is 24.4 Å². The number of methoxy groups -OCH3 is 1. The first-order valence-corrected chi connectivity index (χ1v) is 15.3. The third-order valence-electron chi connectivity index (χ3n) is 9.75. The van der Waals surface area contributed by atoms with E-state index in [1.54, 1.807) is 36.4 Å². The number of fused-ring (bicyclic) bond motifs is 4. The molecule has 11 heteroatoms. The highest BCUT2D eigenvalue weighted by atomic mass is 79.9. The van der Waals surface area contributed by atoms with E-state index in [2.05, 4.69) is 15.9 Å². The molecule has 2 saturated heterocycles. The number of benzene rings is 3. The number of anilines is 1. The van der Waals surface area contributed by atoms with Crippen molar-refractivity contribution in [3.05, 3.63) is 99.0 Å². The number of halogens is 2. The van der Waals surface area contributed by atoms with Crippen molar-refractivity contribution in [2.24, 2.45) is 23.7 Å². The van der Waals surface area contributed by atoms with Crippen LogP contribution in [0.2, 0.25) is 5.02 Å². The van der Waals surface area contributed by atoms with Gasteiger partial charge in [0.1, 0.15) is 0 Å². The summed E-state index contributed by atoms with van der Waals surface area (Å²) in [6, 6.07) is 19.0. The lowest BCUT2D eigenvalue weighted by Gasteiger charge is -2.50. The number of allylic oxidation sites excluding steroid dienone is 2. The monoisotopic (exact) mass is 676 g/mol. The molecule has 0 spiro atoms. The first-order valence-electron chi connectivity index (χ1n) is 14.1. The maximum absolute atomic E-state index is 15.1. The number of phenols is 1. The Morgan fingerprint density at radius 2 is 1.70 bits per heavy atom. The molecule has 6 atom stereocenters. The molecule has 6 unspecified atom stereocenters. The average Bonchev–Trinajstić information content (AvgIpc) is 3.39. The molecule has 2 aliphatic carbocycles. The minimum absolute atomic E-state index is 0.100. The summed E-state index contributed by atoms with van der Waals surface area (Å²) in [6.45, 7) is 0. The van der Waals surface area contributed by atoms with E-state index in [1.807, 2.05) is 36.4 Å². The van der Waals surface area contributed by atoms with Gasteiger partial charge in [0, 0.05) is 10.9 Å². The highest BCUT2D eigenvalue weighted by molar-refractivity contribution is 9.10. The fourth-order valence-corrected chi connectivity index (χ4v) is 8.66. The van der Waals surface area contributed by atoms with E-state index in [0.717, 1.165) is 5.57 Å². The quantitative estimate of drug-likeness (QED) is 0.216. The molecular weight excluding hydrogens is 652 g/mol. The van der Waals surface area contributed by atoms with Gasteiger partial charge in [-0.1, -0.05) is 59.6 Å². The molecule has 2 aliphatic heterocycles. The van der Waals surface area contributed by atoms with Crippen LogP contribution >= 0.6 is 27.5 Å². The van der Waals surface area contributed by atoms with Gasteiger partial charge in [0.05, 0.1) is 40.4 Å². The Morgan fingerprint density at radius 3 is 2.41 bits per heavy atom. The number of hydrogen-bond donors (Lipinski definition) is 2. The first-order chi connectivity index (χ1) is 21.1. The number of carbonyl (C=O) groups is 4. The van der Waals surface area contributed by atoms with Gasteiger partial charge in [0.15, 0.2) is 11.5 Å². The van der Waals surface area contributed by atoms with Gasteiger partial charge in [-0.2, -0.15) is 5.06 Å². The van der Waals surface area contributed by atoms with Gasteiger partial charge < -0.3 is 9.84 Å². The summed E-state index contributed by atoms with van der Waals surface area (Å²) >= 11 is 9.75. The molecule has 9 nitrogen and oxygen atoms in total. The van der Waals surface area contributed by atoms with Gasteiger partial charge in [-0.25, -0.2) is 4.90 Å². The molecule has 0 radical (unpaired) electrons. The lowest BCUT2D eigenvalue weighted by molar-refractivity contribution is -0.173. The van der Waals surface area contributed by atoms with Crippen molar-refractivity contribution in [3.8, 4) is 11.5 Å². The Labute approximate surface area is 265 Å². The van der Waals surface area contributed by atoms with Crippen LogP contribution < -0.4 is 9.64 Å². The van der Waals surface area contributed by atoms with Crippen molar-refractivity contribution in [2.75, 3.05) is 12.0 Å². The molecule has 2 N–H and O–H groups in total. The van der Waals surface area contributed by atoms with Gasteiger partial charge in [-0.05, 0) is 76.1 Å². The predicted octanol–water partition coefficient (Wildman–Crippen LogP) is 5.37. The second-order valence-corrected chi connectivity index (χ2v) is 12.9. The molecule has 44 heavy (non-hydrogen) atoms. The summed E-state index contributed by atoms with van der Waals surface area (Å²) in [4.78, 5) is 57.1. The summed E-state index contributed by atoms with van der Waals surface area (Å²) in [6.07, 6.45) is 2.17. The molecule has 2 heterocycles. The van der Waals surface area contributed by atoms with E-state index in [0.29, 0.717) is 26.3 Å². The van der Waals surface area contributed by atoms with Gasteiger partial charge >= 0.3 is 0 Å². The zero-order valence-corrected chi connectivity index (χ0v) is 25.7. The number of imide groups is 2. The topological polar surface area (TPSA) is 124 Å². The highest BCUT2D eigenvalue weighted by Gasteiger charge is 2.70. The minimum Gasteiger partial charge on any atom is -0.503 e. The van der Waals surface area contributed by atoms with Crippen molar-refractivity contribution in [1.29, 1.82) is 0 Å². The Balaban J connectivity index is 1.54. The van der Waals surface area contributed by atoms with Crippen LogP contribution in [0.15, 0.2) is 82.9 Å². The minimum atomic E-state index is -1.47. The maximum Gasteiger partial charge on any atom is 0.257 e. The van der Waals surface area contributed by atoms with Crippen LogP contribution in [-0.4, -0.2) is 46.1 Å². The Kier molecular flexibility index (Phi) is 6.73. The van der Waals surface area contributed by atoms with Crippen LogP contribution in [0.3, 0.4) is 0 Å². The highest BCUT2D eigenvalue weighted by Crippen LogP contribution is 2.65. The van der Waals surface area contributed by atoms with E-state index in [-0.39, 0.29) is 29.4 Å². The molecule has 3 fully saturated rings. The normalized spacial score (nSPS) is 29.4. The van der Waals surface area contributed by atoms with Gasteiger partial charge in [0.2, 0.25) is 11.8 Å². The van der Waals surface area contributed by atoms with Gasteiger partial charge in [-0.15, -0.1) is 0 Å². The molecule has 224 valence electrons. The SMILES string of the molecule is COc1cc(C2C3=CCC4C(=O)N(O)C(=O)C4C3CC3C(=O)N(c4cccc(Cl)c4)C(=O)C32c2ccccc2)cc(Br)c1O. The Hall–Kier alpha value is -3.99. The van der Waals surface area contributed by atoms with Crippen molar-refractivity contribution < 1.29 is 34.2 Å². The van der Waals surface area contributed by atoms with Crippen molar-refractivity contribution in [1.82, 2.24) is 5.06 Å². The third kappa shape index (κ3) is 3.80. The fraction of sp³-hybridized carbons (Fsp3) is 0.273. The number of aromatic hydroxyl groups is 1. The summed E-state index contributed by atoms with van der Waals surface area (Å²) in [5, 5.41) is 21.6. The van der Waals surface area contributed by atoms with Crippen LogP contribution in [0.4, 0.5) is 5.69 Å². The van der Waals surface area contributed by atoms with E-state index >= 15 is 4.79 Å². The zero-order valence-electron chi connectivity index (χ0n) is 23.3. The maximum atomic E-state index is 15.1. The number of rotatable bonds is 4. The lowest BCUT2D eigenvalue weighted by atomic mass is 9.49. The number of hydrogen-bond acceptors (Lipinski definition) is 7. The molecule has 3 aromatic carbocycles. The van der Waals surface area contributed by atoms with Crippen LogP contribution in [0.25, 0.3) is 0 Å². The van der Waals surface area contributed by atoms with Crippen LogP contribution in [0, 0.1) is 23.7 Å². The van der Waals surface area contributed by atoms with E-state index in [4.69, 9.17) is 16.3 Å². The molecule has 3 aromatic rings. The van der Waals surface area contributed by atoms with E-state index in [1.165, 1.54) is 12.0 Å². The number of nitrogens with zero attached hydrogens (tertiary/aromatic N) is 2. The molecular formula is C33H26BrClN2O7. The lowest BCUT2D eigenvalue weighted by Crippen LogP contribution is -2.53. The summed E-state index contributed by atoms with van der Waals surface area (Å²) in [5.74, 6) is -6.31. The van der Waals surface area contributed by atoms with Crippen molar-refractivity contribution >= 4 is 56.8 Å². The second kappa shape index (κ2) is 10.3. The third-order valence-corrected chi connectivity index (χ3v) is 10.6. The summed E-state index contributed by atoms with van der Waals surface area (Å²) in [7, 11) is 1.42. The Morgan fingerprint density at radius 1 is 0.955 bits per heavy atom. The van der Waals surface area contributed by atoms with Crippen LogP contribution in [0.1, 0.15) is 29.9 Å². The number of phenolic OH excluding ortho intramolecular Hbond substituents is 1. The average molecular weight is 678 g/mol. The number of hydroxylamine groups is 2. The molecule has 4 amide bonds. The zero-order chi connectivity index (χ0) is 31.1. The second-order valence-electron chi connectivity index (χ2n) is 11.6. The smallest absolute Gasteiger partial charge is 0.257 e. The van der Waals surface area contributed by atoms with Gasteiger partial charge in [0.25, 0.3) is 11.8 Å². The van der Waals surface area contributed by atoms with Crippen LogP contribution in [-0.2, 0) is 24.6 Å². The number of carbonyl (C=O) groups excluding carboxylic acids is 4. The Bertz CT molecular complexity index is 1800. The number of ether oxygens (including phenoxy) is 1. The molecule has 0 aromatic heterocycles. The molecule has 0 bridgehead atoms. The molecule has 1 saturated carbocycles. The fourth-order valence-electron chi connectivity index (χ4n) is 8.02. The largest absolute Gasteiger partial charge is 0.503 e. The van der Waals surface area contributed by atoms with Crippen LogP contribution in [0.5, 0.6) is 11.5 Å². The molecule has 4 aliphatic rings. The van der Waals surface area contributed by atoms with Crippen molar-refractivity contribution in [3.63, 3.8) is 0 Å². The molecule has 7 rings (SSSR count). The van der Waals surface area contributed by atoms with E-state index < -0.39 is 58.6 Å². The number of amides is 4. The summed E-state index contributed by atoms with van der Waals surface area (Å²) in [5.41, 5.74) is 0.754. The standard InChI is InChI=1S/C33H26BrClN2O7/c1-44-25-13-16(12-24(34)28(25)38)27-20-10-11-21-26(31(41)37(43)29(21)39)22(20)15-23-30(40)36(19-9-5-8-18(35)14-19)32(42)33(23,27)17-6-3-2-4-7-17/h2-10,12-14,21-23,26-27,38,43H,11,15H2,1H3.